The number of thiazole rings is 1. The van der Waals surface area contributed by atoms with E-state index in [-0.39, 0.29) is 65.3 Å². The standard InChI is InChI=1S/C43H58N4O6S/c1-7-29(4)34(24-38(48)36-20-14-15-21-46(36)6)42(51)47(26-32-18-12-9-13-19-32)37(28(2)3)25-39(49)41-45-35(27-54-41)40(50)44-33(22-30(5)43(52)53)23-31-16-10-8-11-17-31/h8-13,16-19,27-30,33-34,36-37H,7,14-15,20-26H2,1-6H3,(H,44,50)(H,52,53). The number of ketones is 2. The Morgan fingerprint density at radius 3 is 2.19 bits per heavy atom. The fourth-order valence-corrected chi connectivity index (χ4v) is 8.12. The van der Waals surface area contributed by atoms with Gasteiger partial charge in [0.25, 0.3) is 5.91 Å². The van der Waals surface area contributed by atoms with Crippen molar-refractivity contribution in [3.8, 4) is 0 Å². The van der Waals surface area contributed by atoms with Gasteiger partial charge < -0.3 is 15.3 Å². The van der Waals surface area contributed by atoms with Crippen LogP contribution in [-0.2, 0) is 27.3 Å². The summed E-state index contributed by atoms with van der Waals surface area (Å²) in [6, 6.07) is 18.1. The lowest BCUT2D eigenvalue weighted by molar-refractivity contribution is -0.144. The second-order valence-electron chi connectivity index (χ2n) is 15.4. The predicted molar refractivity (Wildman–Crippen MR) is 212 cm³/mol. The molecule has 10 nitrogen and oxygen atoms in total. The molecule has 1 fully saturated rings. The summed E-state index contributed by atoms with van der Waals surface area (Å²) in [5, 5.41) is 14.2. The molecular formula is C43H58N4O6S. The quantitative estimate of drug-likeness (QED) is 0.114. The van der Waals surface area contributed by atoms with Crippen LogP contribution in [0.15, 0.2) is 66.0 Å². The zero-order valence-electron chi connectivity index (χ0n) is 32.7. The summed E-state index contributed by atoms with van der Waals surface area (Å²) >= 11 is 1.08. The summed E-state index contributed by atoms with van der Waals surface area (Å²) in [6.45, 7) is 10.8. The number of nitrogens with one attached hydrogen (secondary N) is 1. The molecule has 3 aromatic rings. The monoisotopic (exact) mass is 758 g/mol. The number of carbonyl (C=O) groups is 5. The van der Waals surface area contributed by atoms with Crippen LogP contribution in [0.3, 0.4) is 0 Å². The molecule has 6 unspecified atom stereocenters. The molecule has 2 heterocycles. The normalized spacial score (nSPS) is 17.6. The molecule has 2 N–H and O–H groups in total. The maximum absolute atomic E-state index is 14.8. The molecule has 292 valence electrons. The number of carboxylic acids is 1. The van der Waals surface area contributed by atoms with Gasteiger partial charge in [0.15, 0.2) is 16.6 Å². The van der Waals surface area contributed by atoms with Crippen LogP contribution in [0.25, 0.3) is 0 Å². The van der Waals surface area contributed by atoms with Crippen LogP contribution >= 0.6 is 11.3 Å². The summed E-state index contributed by atoms with van der Waals surface area (Å²) in [5.41, 5.74) is 1.98. The van der Waals surface area contributed by atoms with E-state index in [1.165, 1.54) is 0 Å². The minimum Gasteiger partial charge on any atom is -0.481 e. The van der Waals surface area contributed by atoms with E-state index >= 15 is 0 Å². The molecule has 1 aliphatic rings. The molecule has 0 bridgehead atoms. The summed E-state index contributed by atoms with van der Waals surface area (Å²) in [4.78, 5) is 76.0. The fraction of sp³-hybridized carbons (Fsp3) is 0.535. The number of aromatic nitrogens is 1. The Balaban J connectivity index is 1.56. The number of piperidine rings is 1. The number of nitrogens with zero attached hydrogens (tertiary/aromatic N) is 3. The van der Waals surface area contributed by atoms with Crippen LogP contribution in [-0.4, -0.2) is 81.0 Å². The fourth-order valence-electron chi connectivity index (χ4n) is 7.37. The van der Waals surface area contributed by atoms with Gasteiger partial charge in [-0.15, -0.1) is 11.3 Å². The van der Waals surface area contributed by atoms with Gasteiger partial charge in [-0.25, -0.2) is 4.98 Å². The predicted octanol–water partition coefficient (Wildman–Crippen LogP) is 7.33. The van der Waals surface area contributed by atoms with Crippen molar-refractivity contribution in [2.75, 3.05) is 13.6 Å². The first-order valence-corrected chi connectivity index (χ1v) is 20.3. The third-order valence-corrected chi connectivity index (χ3v) is 11.8. The number of rotatable bonds is 20. The Bertz CT molecular complexity index is 1700. The van der Waals surface area contributed by atoms with Gasteiger partial charge in [-0.2, -0.15) is 0 Å². The van der Waals surface area contributed by atoms with E-state index in [1.54, 1.807) is 12.3 Å². The number of carboxylic acid groups (broad SMARTS) is 1. The van der Waals surface area contributed by atoms with Crippen molar-refractivity contribution >= 4 is 40.7 Å². The minimum absolute atomic E-state index is 0.00407. The van der Waals surface area contributed by atoms with Crippen molar-refractivity contribution in [3.63, 3.8) is 0 Å². The van der Waals surface area contributed by atoms with Crippen LogP contribution < -0.4 is 5.32 Å². The van der Waals surface area contributed by atoms with Crippen LogP contribution in [0.4, 0.5) is 0 Å². The van der Waals surface area contributed by atoms with E-state index in [0.29, 0.717) is 13.0 Å². The van der Waals surface area contributed by atoms with Crippen molar-refractivity contribution in [2.24, 2.45) is 23.7 Å². The van der Waals surface area contributed by atoms with E-state index in [4.69, 9.17) is 0 Å². The van der Waals surface area contributed by atoms with Gasteiger partial charge in [-0.3, -0.25) is 28.9 Å². The number of likely N-dealkylation sites (tertiary alicyclic amines) is 1. The number of amides is 2. The highest BCUT2D eigenvalue weighted by Crippen LogP contribution is 2.30. The molecule has 0 spiro atoms. The number of aliphatic carboxylic acids is 1. The lowest BCUT2D eigenvalue weighted by atomic mass is 9.82. The Labute approximate surface area is 324 Å². The van der Waals surface area contributed by atoms with Crippen molar-refractivity contribution in [1.82, 2.24) is 20.1 Å². The molecule has 2 aromatic carbocycles. The summed E-state index contributed by atoms with van der Waals surface area (Å²) in [7, 11) is 1.99. The molecule has 4 rings (SSSR count). The highest BCUT2D eigenvalue weighted by molar-refractivity contribution is 7.12. The van der Waals surface area contributed by atoms with Crippen LogP contribution in [0.1, 0.15) is 111 Å². The Hall–Kier alpha value is -4.22. The first kappa shape index (κ1) is 42.5. The lowest BCUT2D eigenvalue weighted by Gasteiger charge is -2.39. The molecular weight excluding hydrogens is 701 g/mol. The molecule has 0 radical (unpaired) electrons. The Kier molecular flexibility index (Phi) is 16.1. The van der Waals surface area contributed by atoms with Crippen LogP contribution in [0.2, 0.25) is 0 Å². The number of hydrogen-bond acceptors (Lipinski definition) is 8. The van der Waals surface area contributed by atoms with Crippen LogP contribution in [0.5, 0.6) is 0 Å². The lowest BCUT2D eigenvalue weighted by Crippen LogP contribution is -2.49. The van der Waals surface area contributed by atoms with Crippen LogP contribution in [0, 0.1) is 23.7 Å². The van der Waals surface area contributed by atoms with Gasteiger partial charge >= 0.3 is 5.97 Å². The maximum Gasteiger partial charge on any atom is 0.306 e. The second kappa shape index (κ2) is 20.5. The van der Waals surface area contributed by atoms with Gasteiger partial charge in [0.05, 0.1) is 12.0 Å². The van der Waals surface area contributed by atoms with Gasteiger partial charge in [-0.1, -0.05) is 108 Å². The van der Waals surface area contributed by atoms with Gasteiger partial charge in [0.2, 0.25) is 5.91 Å². The molecule has 1 saturated heterocycles. The molecule has 0 saturated carbocycles. The van der Waals surface area contributed by atoms with E-state index < -0.39 is 35.8 Å². The third kappa shape index (κ3) is 11.9. The van der Waals surface area contributed by atoms with E-state index in [2.05, 4.69) is 15.2 Å². The Morgan fingerprint density at radius 1 is 0.944 bits per heavy atom. The first-order valence-electron chi connectivity index (χ1n) is 19.4. The average Bonchev–Trinajstić information content (AvgIpc) is 3.66. The molecule has 6 atom stereocenters. The third-order valence-electron chi connectivity index (χ3n) is 10.9. The SMILES string of the molecule is CCC(C)C(CC(=O)C1CCCCN1C)C(=O)N(Cc1ccccc1)C(CC(=O)c1nc(C(=O)NC(Cc2ccccc2)CC(C)C(=O)O)cs1)C(C)C. The van der Waals surface area contributed by atoms with Gasteiger partial charge in [0.1, 0.15) is 5.69 Å². The van der Waals surface area contributed by atoms with Crippen molar-refractivity contribution in [2.45, 2.75) is 111 Å². The molecule has 54 heavy (non-hydrogen) atoms. The minimum atomic E-state index is -0.942. The van der Waals surface area contributed by atoms with E-state index in [9.17, 15) is 29.1 Å². The number of benzene rings is 2. The maximum atomic E-state index is 14.8. The van der Waals surface area contributed by atoms with Crippen molar-refractivity contribution < 1.29 is 29.1 Å². The zero-order valence-corrected chi connectivity index (χ0v) is 33.5. The molecule has 1 aromatic heterocycles. The summed E-state index contributed by atoms with van der Waals surface area (Å²) in [6.07, 6.45) is 4.44. The largest absolute Gasteiger partial charge is 0.481 e. The molecule has 2 amide bonds. The number of Topliss-reactive ketones (excluding diaryl/α,β-unsaturated/α-hetero) is 2. The first-order chi connectivity index (χ1) is 25.8. The molecule has 11 heteroatoms. The van der Waals surface area contributed by atoms with Crippen molar-refractivity contribution in [1.29, 1.82) is 0 Å². The van der Waals surface area contributed by atoms with E-state index in [0.717, 1.165) is 54.7 Å². The van der Waals surface area contributed by atoms with Crippen molar-refractivity contribution in [3.05, 3.63) is 87.9 Å². The number of carbonyl (C=O) groups excluding carboxylic acids is 4. The Morgan fingerprint density at radius 2 is 1.59 bits per heavy atom. The summed E-state index contributed by atoms with van der Waals surface area (Å²) < 4.78 is 0. The second-order valence-corrected chi connectivity index (χ2v) is 16.3. The smallest absolute Gasteiger partial charge is 0.306 e. The average molecular weight is 759 g/mol. The number of likely N-dealkylation sites (N-methyl/N-ethyl adjacent to an activating group) is 1. The van der Waals surface area contributed by atoms with Gasteiger partial charge in [-0.05, 0) is 62.2 Å². The highest BCUT2D eigenvalue weighted by atomic mass is 32.1. The molecule has 0 aliphatic carbocycles. The van der Waals surface area contributed by atoms with Gasteiger partial charge in [0, 0.05) is 42.8 Å². The summed E-state index contributed by atoms with van der Waals surface area (Å²) in [5.74, 6) is -3.05. The van der Waals surface area contributed by atoms with E-state index in [1.807, 2.05) is 100 Å². The molecule has 1 aliphatic heterocycles. The highest BCUT2D eigenvalue weighted by Gasteiger charge is 2.38. The zero-order chi connectivity index (χ0) is 39.4. The topological polar surface area (TPSA) is 137 Å². The number of hydrogen-bond donors (Lipinski definition) is 2.